The zero-order valence-corrected chi connectivity index (χ0v) is 9.82. The Morgan fingerprint density at radius 2 is 2.11 bits per heavy atom. The van der Waals surface area contributed by atoms with E-state index < -0.39 is 0 Å². The number of hydrogen-bond donors (Lipinski definition) is 1. The van der Waals surface area contributed by atoms with E-state index in [-0.39, 0.29) is 0 Å². The van der Waals surface area contributed by atoms with Gasteiger partial charge in [0, 0.05) is 24.4 Å². The molecule has 0 atom stereocenters. The van der Waals surface area contributed by atoms with Gasteiger partial charge in [-0.3, -0.25) is 4.98 Å². The lowest BCUT2D eigenvalue weighted by molar-refractivity contribution is 0.829. The molecule has 0 aliphatic heterocycles. The summed E-state index contributed by atoms with van der Waals surface area (Å²) in [5.41, 5.74) is 9.32. The maximum atomic E-state index is 5.58. The van der Waals surface area contributed by atoms with Crippen LogP contribution in [0.2, 0.25) is 0 Å². The van der Waals surface area contributed by atoms with Crippen LogP contribution >= 0.6 is 0 Å². The van der Waals surface area contributed by atoms with E-state index in [1.54, 1.807) is 12.4 Å². The molecule has 0 radical (unpaired) electrons. The van der Waals surface area contributed by atoms with Crippen LogP contribution in [0.3, 0.4) is 0 Å². The zero-order chi connectivity index (χ0) is 12.4. The van der Waals surface area contributed by atoms with Crippen LogP contribution < -0.4 is 5.73 Å². The Morgan fingerprint density at radius 3 is 2.89 bits per heavy atom. The minimum atomic E-state index is 0.590. The molecule has 0 aromatic carbocycles. The lowest BCUT2D eigenvalue weighted by atomic mass is 10.2. The van der Waals surface area contributed by atoms with E-state index in [0.717, 1.165) is 29.0 Å². The Morgan fingerprint density at radius 1 is 1.17 bits per heavy atom. The Hall–Kier alpha value is -2.27. The topological polar surface area (TPSA) is 69.1 Å². The van der Waals surface area contributed by atoms with Crippen LogP contribution in [0.1, 0.15) is 5.69 Å². The first-order chi connectivity index (χ1) is 8.88. The van der Waals surface area contributed by atoms with Gasteiger partial charge in [-0.1, -0.05) is 0 Å². The molecule has 3 aromatic rings. The van der Waals surface area contributed by atoms with Gasteiger partial charge in [-0.05, 0) is 30.8 Å². The summed E-state index contributed by atoms with van der Waals surface area (Å²) in [6, 6.07) is 7.79. The lowest BCUT2D eigenvalue weighted by Crippen LogP contribution is -2.06. The highest BCUT2D eigenvalue weighted by Gasteiger charge is 2.06. The molecular formula is C13H13N5. The third-order valence-electron chi connectivity index (χ3n) is 2.79. The summed E-state index contributed by atoms with van der Waals surface area (Å²) < 4.78 is 1.84. The van der Waals surface area contributed by atoms with Crippen molar-refractivity contribution in [1.82, 2.24) is 19.6 Å². The summed E-state index contributed by atoms with van der Waals surface area (Å²) in [4.78, 5) is 8.40. The van der Waals surface area contributed by atoms with Crippen LogP contribution in [0, 0.1) is 0 Å². The summed E-state index contributed by atoms with van der Waals surface area (Å²) in [5, 5.41) is 4.58. The van der Waals surface area contributed by atoms with Gasteiger partial charge >= 0.3 is 0 Å². The van der Waals surface area contributed by atoms with Gasteiger partial charge in [0.1, 0.15) is 0 Å². The average molecular weight is 239 g/mol. The average Bonchev–Trinajstić information content (AvgIpc) is 2.83. The van der Waals surface area contributed by atoms with Crippen molar-refractivity contribution in [3.63, 3.8) is 0 Å². The zero-order valence-electron chi connectivity index (χ0n) is 9.82. The molecule has 90 valence electrons. The van der Waals surface area contributed by atoms with Gasteiger partial charge in [-0.15, -0.1) is 0 Å². The number of hydrogen-bond acceptors (Lipinski definition) is 4. The van der Waals surface area contributed by atoms with E-state index in [1.165, 1.54) is 0 Å². The summed E-state index contributed by atoms with van der Waals surface area (Å²) in [6.07, 6.45) is 6.14. The van der Waals surface area contributed by atoms with Crippen molar-refractivity contribution in [3.8, 4) is 11.3 Å². The van der Waals surface area contributed by atoms with Crippen molar-refractivity contribution >= 4 is 5.65 Å². The molecule has 0 bridgehead atoms. The molecule has 5 heteroatoms. The first kappa shape index (κ1) is 10.9. The van der Waals surface area contributed by atoms with Crippen molar-refractivity contribution in [3.05, 3.63) is 48.5 Å². The van der Waals surface area contributed by atoms with E-state index in [1.807, 2.05) is 35.0 Å². The molecule has 0 unspecified atom stereocenters. The lowest BCUT2D eigenvalue weighted by Gasteiger charge is -2.03. The van der Waals surface area contributed by atoms with Crippen LogP contribution in [-0.4, -0.2) is 26.1 Å². The van der Waals surface area contributed by atoms with Gasteiger partial charge in [0.05, 0.1) is 17.6 Å². The Bertz CT molecular complexity index is 659. The van der Waals surface area contributed by atoms with E-state index in [2.05, 4.69) is 15.1 Å². The quantitative estimate of drug-likeness (QED) is 0.747. The number of pyridine rings is 1. The number of nitrogens with two attached hydrogens (primary N) is 1. The number of rotatable bonds is 3. The molecule has 3 aromatic heterocycles. The van der Waals surface area contributed by atoms with Crippen LogP contribution in [0.25, 0.3) is 16.9 Å². The molecule has 0 spiro atoms. The summed E-state index contributed by atoms with van der Waals surface area (Å²) in [5.74, 6) is 0. The van der Waals surface area contributed by atoms with Crippen molar-refractivity contribution < 1.29 is 0 Å². The van der Waals surface area contributed by atoms with Crippen molar-refractivity contribution in [2.24, 2.45) is 5.73 Å². The van der Waals surface area contributed by atoms with Crippen LogP contribution in [0.4, 0.5) is 0 Å². The highest BCUT2D eigenvalue weighted by atomic mass is 15.3. The Labute approximate surface area is 104 Å². The van der Waals surface area contributed by atoms with Crippen LogP contribution in [-0.2, 0) is 6.42 Å². The summed E-state index contributed by atoms with van der Waals surface area (Å²) in [6.45, 7) is 0.590. The standard InChI is InChI=1S/C13H13N5/c14-6-5-11-9-16-13-4-3-12(17-18(11)13)10-2-1-7-15-8-10/h1-4,7-9H,5-6,14H2. The van der Waals surface area contributed by atoms with Crippen LogP contribution in [0.15, 0.2) is 42.9 Å². The maximum absolute atomic E-state index is 5.58. The predicted molar refractivity (Wildman–Crippen MR) is 69.0 cm³/mol. The second-order valence-electron chi connectivity index (χ2n) is 4.02. The molecule has 3 rings (SSSR count). The SMILES string of the molecule is NCCc1cnc2ccc(-c3cccnc3)nn12. The minimum Gasteiger partial charge on any atom is -0.330 e. The fraction of sp³-hybridized carbons (Fsp3) is 0.154. The number of nitrogens with zero attached hydrogens (tertiary/aromatic N) is 4. The molecule has 0 aliphatic carbocycles. The first-order valence-electron chi connectivity index (χ1n) is 5.82. The van der Waals surface area contributed by atoms with Gasteiger partial charge < -0.3 is 5.73 Å². The largest absolute Gasteiger partial charge is 0.330 e. The third kappa shape index (κ3) is 1.84. The molecule has 0 fully saturated rings. The molecule has 0 saturated heterocycles. The van der Waals surface area contributed by atoms with Gasteiger partial charge in [-0.2, -0.15) is 5.10 Å². The Balaban J connectivity index is 2.12. The second kappa shape index (κ2) is 4.54. The first-order valence-corrected chi connectivity index (χ1v) is 5.82. The highest BCUT2D eigenvalue weighted by Crippen LogP contribution is 2.16. The normalized spacial score (nSPS) is 10.9. The Kier molecular flexibility index (Phi) is 2.74. The van der Waals surface area contributed by atoms with E-state index in [0.29, 0.717) is 6.54 Å². The number of fused-ring (bicyclic) bond motifs is 1. The highest BCUT2D eigenvalue weighted by molar-refractivity contribution is 5.59. The fourth-order valence-corrected chi connectivity index (χ4v) is 1.91. The van der Waals surface area contributed by atoms with Gasteiger partial charge in [0.25, 0.3) is 0 Å². The van der Waals surface area contributed by atoms with Gasteiger partial charge in [0.2, 0.25) is 0 Å². The van der Waals surface area contributed by atoms with Gasteiger partial charge in [-0.25, -0.2) is 9.50 Å². The molecule has 0 saturated carbocycles. The molecule has 18 heavy (non-hydrogen) atoms. The third-order valence-corrected chi connectivity index (χ3v) is 2.79. The summed E-state index contributed by atoms with van der Waals surface area (Å²) in [7, 11) is 0. The summed E-state index contributed by atoms with van der Waals surface area (Å²) >= 11 is 0. The minimum absolute atomic E-state index is 0.590. The molecule has 0 aliphatic rings. The predicted octanol–water partition coefficient (Wildman–Crippen LogP) is 1.29. The van der Waals surface area contributed by atoms with Crippen molar-refractivity contribution in [1.29, 1.82) is 0 Å². The maximum Gasteiger partial charge on any atom is 0.153 e. The molecule has 2 N–H and O–H groups in total. The van der Waals surface area contributed by atoms with E-state index in [4.69, 9.17) is 5.73 Å². The fourth-order valence-electron chi connectivity index (χ4n) is 1.91. The molecular weight excluding hydrogens is 226 g/mol. The van der Waals surface area contributed by atoms with Crippen molar-refractivity contribution in [2.75, 3.05) is 6.54 Å². The van der Waals surface area contributed by atoms with Gasteiger partial charge in [0.15, 0.2) is 5.65 Å². The van der Waals surface area contributed by atoms with E-state index in [9.17, 15) is 0 Å². The van der Waals surface area contributed by atoms with Crippen LogP contribution in [0.5, 0.6) is 0 Å². The number of imidazole rings is 1. The molecule has 0 amide bonds. The monoisotopic (exact) mass is 239 g/mol. The second-order valence-corrected chi connectivity index (χ2v) is 4.02. The number of aromatic nitrogens is 4. The van der Waals surface area contributed by atoms with Crippen molar-refractivity contribution in [2.45, 2.75) is 6.42 Å². The smallest absolute Gasteiger partial charge is 0.153 e. The molecule has 3 heterocycles. The molecule has 5 nitrogen and oxygen atoms in total. The van der Waals surface area contributed by atoms with E-state index >= 15 is 0 Å².